The number of rotatable bonds is 7. The molecule has 4 heteroatoms. The smallest absolute Gasteiger partial charge is 0.120 e. The van der Waals surface area contributed by atoms with Crippen molar-refractivity contribution in [2.24, 2.45) is 11.8 Å². The van der Waals surface area contributed by atoms with Crippen LogP contribution in [0.5, 0.6) is 0 Å². The van der Waals surface area contributed by atoms with Gasteiger partial charge in [0.2, 0.25) is 0 Å². The highest BCUT2D eigenvalue weighted by atomic mass is 32.1. The molecule has 19 heavy (non-hydrogen) atoms. The molecule has 2 aliphatic rings. The molecule has 3 unspecified atom stereocenters. The van der Waals surface area contributed by atoms with Gasteiger partial charge in [-0.2, -0.15) is 0 Å². The van der Waals surface area contributed by atoms with E-state index in [1.165, 1.54) is 48.5 Å². The van der Waals surface area contributed by atoms with Gasteiger partial charge in [-0.3, -0.25) is 0 Å². The fraction of sp³-hybridized carbons (Fsp3) is 0.867. The monoisotopic (exact) mass is 279 g/mol. The Hall–Kier alpha value is -0.480. The summed E-state index contributed by atoms with van der Waals surface area (Å²) < 4.78 is 0. The average Bonchev–Trinajstić information content (AvgIpc) is 3.14. The lowest BCUT2D eigenvalue weighted by molar-refractivity contribution is 0.417. The highest BCUT2D eigenvalue weighted by molar-refractivity contribution is 7.11. The molecule has 1 aromatic rings. The van der Waals surface area contributed by atoms with Crippen molar-refractivity contribution >= 4 is 11.3 Å². The lowest BCUT2D eigenvalue weighted by atomic mass is 9.89. The maximum absolute atomic E-state index is 4.48. The first-order valence-electron chi connectivity index (χ1n) is 7.89. The van der Waals surface area contributed by atoms with Gasteiger partial charge in [-0.05, 0) is 57.0 Å². The molecule has 0 aromatic carbocycles. The first kappa shape index (κ1) is 13.5. The molecule has 2 aliphatic carbocycles. The molecular formula is C15H25N3S. The normalized spacial score (nSPS) is 29.2. The van der Waals surface area contributed by atoms with E-state index < -0.39 is 0 Å². The zero-order chi connectivity index (χ0) is 13.1. The molecule has 1 N–H and O–H groups in total. The molecule has 0 saturated heterocycles. The van der Waals surface area contributed by atoms with Gasteiger partial charge in [-0.1, -0.05) is 13.3 Å². The van der Waals surface area contributed by atoms with Gasteiger partial charge in [-0.15, -0.1) is 21.5 Å². The third-order valence-corrected chi connectivity index (χ3v) is 5.82. The van der Waals surface area contributed by atoms with Crippen molar-refractivity contribution in [3.8, 4) is 0 Å². The summed E-state index contributed by atoms with van der Waals surface area (Å²) in [6, 6.07) is 0. The molecule has 3 nitrogen and oxygen atoms in total. The Kier molecular flexibility index (Phi) is 4.49. The number of nitrogens with zero attached hydrogens (tertiary/aromatic N) is 2. The largest absolute Gasteiger partial charge is 0.317 e. The Morgan fingerprint density at radius 1 is 1.21 bits per heavy atom. The van der Waals surface area contributed by atoms with Gasteiger partial charge in [0.15, 0.2) is 0 Å². The fourth-order valence-corrected chi connectivity index (χ4v) is 4.82. The number of aryl methyl sites for hydroxylation is 1. The topological polar surface area (TPSA) is 37.8 Å². The third-order valence-electron chi connectivity index (χ3n) is 4.71. The highest BCUT2D eigenvalue weighted by Crippen LogP contribution is 2.53. The van der Waals surface area contributed by atoms with Crippen molar-refractivity contribution in [2.75, 3.05) is 13.1 Å². The standard InChI is InChI=1S/C15H25N3S/c1-2-7-16-8-3-4-14-17-18-15(19-14)13-10-11-5-6-12(13)9-11/h11-13,16H,2-10H2,1H3. The summed E-state index contributed by atoms with van der Waals surface area (Å²) >= 11 is 1.88. The van der Waals surface area contributed by atoms with Crippen LogP contribution in [0.2, 0.25) is 0 Å². The quantitative estimate of drug-likeness (QED) is 0.778. The van der Waals surface area contributed by atoms with Gasteiger partial charge in [0.05, 0.1) is 0 Å². The van der Waals surface area contributed by atoms with E-state index in [0.717, 1.165) is 37.3 Å². The minimum Gasteiger partial charge on any atom is -0.317 e. The highest BCUT2D eigenvalue weighted by Gasteiger charge is 2.41. The number of hydrogen-bond donors (Lipinski definition) is 1. The van der Waals surface area contributed by atoms with Crippen LogP contribution in [0.3, 0.4) is 0 Å². The zero-order valence-electron chi connectivity index (χ0n) is 11.9. The van der Waals surface area contributed by atoms with E-state index in [4.69, 9.17) is 0 Å². The van der Waals surface area contributed by atoms with E-state index in [1.54, 1.807) is 0 Å². The molecular weight excluding hydrogens is 254 g/mol. The Morgan fingerprint density at radius 3 is 2.89 bits per heavy atom. The zero-order valence-corrected chi connectivity index (χ0v) is 12.7. The average molecular weight is 279 g/mol. The minimum absolute atomic E-state index is 0.753. The van der Waals surface area contributed by atoms with Crippen molar-refractivity contribution in [1.82, 2.24) is 15.5 Å². The van der Waals surface area contributed by atoms with Crippen LogP contribution in [0.1, 0.15) is 61.4 Å². The molecule has 2 bridgehead atoms. The van der Waals surface area contributed by atoms with Crippen molar-refractivity contribution in [3.63, 3.8) is 0 Å². The van der Waals surface area contributed by atoms with E-state index in [0.29, 0.717) is 0 Å². The van der Waals surface area contributed by atoms with E-state index in [9.17, 15) is 0 Å². The molecule has 106 valence electrons. The maximum Gasteiger partial charge on any atom is 0.120 e. The van der Waals surface area contributed by atoms with Crippen LogP contribution in [0, 0.1) is 11.8 Å². The Balaban J connectivity index is 1.47. The summed E-state index contributed by atoms with van der Waals surface area (Å²) in [5.41, 5.74) is 0. The van der Waals surface area contributed by atoms with Gasteiger partial charge in [-0.25, -0.2) is 0 Å². The summed E-state index contributed by atoms with van der Waals surface area (Å²) in [5.74, 6) is 2.68. The Bertz CT molecular complexity index is 404. The first-order chi connectivity index (χ1) is 9.36. The second-order valence-electron chi connectivity index (χ2n) is 6.17. The number of fused-ring (bicyclic) bond motifs is 2. The predicted molar refractivity (Wildman–Crippen MR) is 79.6 cm³/mol. The van der Waals surface area contributed by atoms with E-state index >= 15 is 0 Å². The lowest BCUT2D eigenvalue weighted by Crippen LogP contribution is -2.16. The molecule has 0 aliphatic heterocycles. The van der Waals surface area contributed by atoms with E-state index in [-0.39, 0.29) is 0 Å². The number of aromatic nitrogens is 2. The molecule has 0 radical (unpaired) electrons. The molecule has 1 heterocycles. The van der Waals surface area contributed by atoms with Crippen LogP contribution >= 0.6 is 11.3 Å². The molecule has 1 aromatic heterocycles. The summed E-state index contributed by atoms with van der Waals surface area (Å²) in [5, 5.41) is 14.9. The van der Waals surface area contributed by atoms with Gasteiger partial charge in [0, 0.05) is 12.3 Å². The number of nitrogens with one attached hydrogen (secondary N) is 1. The van der Waals surface area contributed by atoms with Crippen molar-refractivity contribution in [3.05, 3.63) is 10.0 Å². The molecule has 0 amide bonds. The van der Waals surface area contributed by atoms with Gasteiger partial charge >= 0.3 is 0 Å². The van der Waals surface area contributed by atoms with Crippen LogP contribution in [0.25, 0.3) is 0 Å². The van der Waals surface area contributed by atoms with Crippen LogP contribution in [-0.4, -0.2) is 23.3 Å². The van der Waals surface area contributed by atoms with Crippen LogP contribution in [-0.2, 0) is 6.42 Å². The van der Waals surface area contributed by atoms with Gasteiger partial charge in [0.1, 0.15) is 10.0 Å². The molecule has 2 fully saturated rings. The van der Waals surface area contributed by atoms with Gasteiger partial charge < -0.3 is 5.32 Å². The van der Waals surface area contributed by atoms with E-state index in [1.807, 2.05) is 11.3 Å². The number of hydrogen-bond acceptors (Lipinski definition) is 4. The fourth-order valence-electron chi connectivity index (χ4n) is 3.73. The van der Waals surface area contributed by atoms with Crippen molar-refractivity contribution in [1.29, 1.82) is 0 Å². The molecule has 3 atom stereocenters. The second kappa shape index (κ2) is 6.31. The summed E-state index contributed by atoms with van der Waals surface area (Å²) in [6.45, 7) is 4.45. The SMILES string of the molecule is CCCNCCCc1nnc(C2CC3CCC2C3)s1. The Morgan fingerprint density at radius 2 is 2.16 bits per heavy atom. The molecule has 3 rings (SSSR count). The maximum atomic E-state index is 4.48. The van der Waals surface area contributed by atoms with E-state index in [2.05, 4.69) is 22.4 Å². The summed E-state index contributed by atoms with van der Waals surface area (Å²) in [7, 11) is 0. The Labute approximate surface area is 120 Å². The molecule has 0 spiro atoms. The van der Waals surface area contributed by atoms with Crippen LogP contribution in [0.4, 0.5) is 0 Å². The predicted octanol–water partition coefficient (Wildman–Crippen LogP) is 3.37. The second-order valence-corrected chi connectivity index (χ2v) is 7.26. The lowest BCUT2D eigenvalue weighted by Gasteiger charge is -2.18. The van der Waals surface area contributed by atoms with Crippen LogP contribution < -0.4 is 5.32 Å². The third kappa shape index (κ3) is 3.16. The summed E-state index contributed by atoms with van der Waals surface area (Å²) in [6.07, 6.45) is 9.24. The van der Waals surface area contributed by atoms with Crippen molar-refractivity contribution in [2.45, 2.75) is 57.8 Å². The first-order valence-corrected chi connectivity index (χ1v) is 8.71. The summed E-state index contributed by atoms with van der Waals surface area (Å²) in [4.78, 5) is 0. The minimum atomic E-state index is 0.753. The van der Waals surface area contributed by atoms with Crippen molar-refractivity contribution < 1.29 is 0 Å². The van der Waals surface area contributed by atoms with Crippen LogP contribution in [0.15, 0.2) is 0 Å². The van der Waals surface area contributed by atoms with Gasteiger partial charge in [0.25, 0.3) is 0 Å². The molecule has 2 saturated carbocycles.